The van der Waals surface area contributed by atoms with Crippen LogP contribution in [0.3, 0.4) is 0 Å². The van der Waals surface area contributed by atoms with Crippen LogP contribution in [0.2, 0.25) is 0 Å². The van der Waals surface area contributed by atoms with Crippen LogP contribution in [0.4, 0.5) is 5.13 Å². The molecule has 0 saturated heterocycles. The first-order chi connectivity index (χ1) is 9.22. The van der Waals surface area contributed by atoms with E-state index in [-0.39, 0.29) is 5.91 Å². The number of thiazole rings is 1. The van der Waals surface area contributed by atoms with Crippen molar-refractivity contribution in [3.63, 3.8) is 0 Å². The van der Waals surface area contributed by atoms with Crippen LogP contribution in [-0.2, 0) is 13.0 Å². The summed E-state index contributed by atoms with van der Waals surface area (Å²) < 4.78 is 0. The van der Waals surface area contributed by atoms with E-state index in [1.165, 1.54) is 4.88 Å². The van der Waals surface area contributed by atoms with Crippen molar-refractivity contribution < 1.29 is 4.79 Å². The molecule has 2 aromatic heterocycles. The van der Waals surface area contributed by atoms with Crippen molar-refractivity contribution in [2.75, 3.05) is 18.9 Å². The lowest BCUT2D eigenvalue weighted by atomic mass is 10.2. The molecule has 98 valence electrons. The normalized spacial score (nSPS) is 15.0. The van der Waals surface area contributed by atoms with Gasteiger partial charge in [-0.3, -0.25) is 15.1 Å². The standard InChI is InChI=1S/C13H14N4OS/c1-17-7-5-11-10(8-17)15-13(19-11)16-12(18)9-4-2-3-6-14-9/h2-4,6H,5,7-8H2,1H3,(H,15,16,18). The van der Waals surface area contributed by atoms with Gasteiger partial charge < -0.3 is 4.90 Å². The van der Waals surface area contributed by atoms with Crippen molar-refractivity contribution in [2.45, 2.75) is 13.0 Å². The number of nitrogens with zero attached hydrogens (tertiary/aromatic N) is 3. The number of anilines is 1. The van der Waals surface area contributed by atoms with Crippen LogP contribution in [0.15, 0.2) is 24.4 Å². The third-order valence-electron chi connectivity index (χ3n) is 3.04. The van der Waals surface area contributed by atoms with Crippen LogP contribution in [-0.4, -0.2) is 34.4 Å². The predicted octanol–water partition coefficient (Wildman–Crippen LogP) is 1.78. The molecule has 0 aromatic carbocycles. The first kappa shape index (κ1) is 12.3. The second kappa shape index (κ2) is 5.07. The molecular weight excluding hydrogens is 260 g/mol. The summed E-state index contributed by atoms with van der Waals surface area (Å²) in [5.41, 5.74) is 1.49. The van der Waals surface area contributed by atoms with Crippen molar-refractivity contribution in [1.82, 2.24) is 14.9 Å². The van der Waals surface area contributed by atoms with Crippen LogP contribution in [0.1, 0.15) is 21.1 Å². The highest BCUT2D eigenvalue weighted by Gasteiger charge is 2.19. The van der Waals surface area contributed by atoms with E-state index < -0.39 is 0 Å². The summed E-state index contributed by atoms with van der Waals surface area (Å²) in [6, 6.07) is 5.27. The van der Waals surface area contributed by atoms with Gasteiger partial charge in [0, 0.05) is 24.2 Å². The van der Waals surface area contributed by atoms with Gasteiger partial charge in [-0.2, -0.15) is 0 Å². The molecule has 0 radical (unpaired) electrons. The van der Waals surface area contributed by atoms with E-state index in [1.807, 2.05) is 0 Å². The van der Waals surface area contributed by atoms with Gasteiger partial charge in [-0.05, 0) is 25.6 Å². The van der Waals surface area contributed by atoms with Crippen molar-refractivity contribution >= 4 is 22.4 Å². The molecule has 0 aliphatic carbocycles. The zero-order chi connectivity index (χ0) is 13.2. The minimum Gasteiger partial charge on any atom is -0.300 e. The maximum absolute atomic E-state index is 12.0. The van der Waals surface area contributed by atoms with Crippen LogP contribution >= 0.6 is 11.3 Å². The number of hydrogen-bond donors (Lipinski definition) is 1. The number of carbonyl (C=O) groups excluding carboxylic acids is 1. The van der Waals surface area contributed by atoms with Gasteiger partial charge in [-0.1, -0.05) is 6.07 Å². The van der Waals surface area contributed by atoms with Crippen molar-refractivity contribution in [1.29, 1.82) is 0 Å². The smallest absolute Gasteiger partial charge is 0.276 e. The Bertz CT molecular complexity index is 596. The summed E-state index contributed by atoms with van der Waals surface area (Å²) in [5, 5.41) is 3.48. The molecule has 1 aliphatic heterocycles. The Morgan fingerprint density at radius 1 is 1.47 bits per heavy atom. The maximum atomic E-state index is 12.0. The van der Waals surface area contributed by atoms with Gasteiger partial charge in [-0.15, -0.1) is 11.3 Å². The molecule has 0 spiro atoms. The number of hydrogen-bond acceptors (Lipinski definition) is 5. The largest absolute Gasteiger partial charge is 0.300 e. The SMILES string of the molecule is CN1CCc2sc(NC(=O)c3ccccn3)nc2C1. The minimum atomic E-state index is -0.208. The average molecular weight is 274 g/mol. The lowest BCUT2D eigenvalue weighted by molar-refractivity contribution is 0.102. The Hall–Kier alpha value is -1.79. The molecule has 1 N–H and O–H groups in total. The molecule has 0 bridgehead atoms. The van der Waals surface area contributed by atoms with E-state index in [2.05, 4.69) is 27.2 Å². The fourth-order valence-electron chi connectivity index (χ4n) is 2.04. The molecular formula is C13H14N4OS. The predicted molar refractivity (Wildman–Crippen MR) is 74.3 cm³/mol. The van der Waals surface area contributed by atoms with Crippen molar-refractivity contribution in [3.05, 3.63) is 40.7 Å². The third kappa shape index (κ3) is 2.64. The Labute approximate surface area is 115 Å². The number of likely N-dealkylation sites (N-methyl/N-ethyl adjacent to an activating group) is 1. The molecule has 3 rings (SSSR count). The molecule has 0 fully saturated rings. The lowest BCUT2D eigenvalue weighted by Crippen LogP contribution is -2.25. The summed E-state index contributed by atoms with van der Waals surface area (Å²) in [4.78, 5) is 24.0. The van der Waals surface area contributed by atoms with Gasteiger partial charge in [0.05, 0.1) is 5.69 Å². The summed E-state index contributed by atoms with van der Waals surface area (Å²) >= 11 is 1.56. The quantitative estimate of drug-likeness (QED) is 0.907. The van der Waals surface area contributed by atoms with E-state index in [9.17, 15) is 4.79 Å². The molecule has 0 atom stereocenters. The second-order valence-corrected chi connectivity index (χ2v) is 5.63. The Morgan fingerprint density at radius 3 is 3.16 bits per heavy atom. The molecule has 5 nitrogen and oxygen atoms in total. The molecule has 19 heavy (non-hydrogen) atoms. The number of pyridine rings is 1. The summed E-state index contributed by atoms with van der Waals surface area (Å²) in [6.45, 7) is 1.90. The number of carbonyl (C=O) groups is 1. The van der Waals surface area contributed by atoms with Crippen molar-refractivity contribution in [3.8, 4) is 0 Å². The molecule has 2 aromatic rings. The molecule has 1 aliphatic rings. The van der Waals surface area contributed by atoms with Gasteiger partial charge >= 0.3 is 0 Å². The summed E-state index contributed by atoms with van der Waals surface area (Å²) in [6.07, 6.45) is 2.61. The van der Waals surface area contributed by atoms with Gasteiger partial charge in [0.25, 0.3) is 5.91 Å². The number of aromatic nitrogens is 2. The number of rotatable bonds is 2. The highest BCUT2D eigenvalue weighted by atomic mass is 32.1. The number of amides is 1. The zero-order valence-corrected chi connectivity index (χ0v) is 11.4. The van der Waals surface area contributed by atoms with Crippen LogP contribution in [0, 0.1) is 0 Å². The number of fused-ring (bicyclic) bond motifs is 1. The van der Waals surface area contributed by atoms with Gasteiger partial charge in [0.1, 0.15) is 5.69 Å². The monoisotopic (exact) mass is 274 g/mol. The molecule has 0 saturated carbocycles. The first-order valence-corrected chi connectivity index (χ1v) is 6.93. The van der Waals surface area contributed by atoms with E-state index in [0.717, 1.165) is 25.2 Å². The third-order valence-corrected chi connectivity index (χ3v) is 4.11. The van der Waals surface area contributed by atoms with E-state index in [1.54, 1.807) is 35.7 Å². The van der Waals surface area contributed by atoms with Gasteiger partial charge in [0.2, 0.25) is 0 Å². The second-order valence-electron chi connectivity index (χ2n) is 4.55. The summed E-state index contributed by atoms with van der Waals surface area (Å²) in [7, 11) is 2.08. The first-order valence-electron chi connectivity index (χ1n) is 6.12. The van der Waals surface area contributed by atoms with E-state index in [0.29, 0.717) is 10.8 Å². The van der Waals surface area contributed by atoms with Gasteiger partial charge in [0.15, 0.2) is 5.13 Å². The zero-order valence-electron chi connectivity index (χ0n) is 10.6. The fourth-order valence-corrected chi connectivity index (χ4v) is 3.00. The average Bonchev–Trinajstić information content (AvgIpc) is 2.81. The Morgan fingerprint density at radius 2 is 2.37 bits per heavy atom. The highest BCUT2D eigenvalue weighted by molar-refractivity contribution is 7.15. The molecule has 0 unspecified atom stereocenters. The minimum absolute atomic E-state index is 0.208. The van der Waals surface area contributed by atoms with E-state index in [4.69, 9.17) is 0 Å². The van der Waals surface area contributed by atoms with Gasteiger partial charge in [-0.25, -0.2) is 4.98 Å². The maximum Gasteiger partial charge on any atom is 0.276 e. The number of nitrogens with one attached hydrogen (secondary N) is 1. The van der Waals surface area contributed by atoms with E-state index >= 15 is 0 Å². The molecule has 3 heterocycles. The summed E-state index contributed by atoms with van der Waals surface area (Å²) in [5.74, 6) is -0.208. The lowest BCUT2D eigenvalue weighted by Gasteiger charge is -2.20. The van der Waals surface area contributed by atoms with Crippen LogP contribution < -0.4 is 5.32 Å². The topological polar surface area (TPSA) is 58.1 Å². The Balaban J connectivity index is 1.76. The molecule has 1 amide bonds. The van der Waals surface area contributed by atoms with Crippen LogP contribution in [0.5, 0.6) is 0 Å². The Kier molecular flexibility index (Phi) is 3.27. The fraction of sp³-hybridized carbons (Fsp3) is 0.308. The van der Waals surface area contributed by atoms with Crippen LogP contribution in [0.25, 0.3) is 0 Å². The highest BCUT2D eigenvalue weighted by Crippen LogP contribution is 2.27. The molecule has 6 heteroatoms. The van der Waals surface area contributed by atoms with Crippen molar-refractivity contribution in [2.24, 2.45) is 0 Å².